The van der Waals surface area contributed by atoms with Crippen LogP contribution >= 0.6 is 0 Å². The van der Waals surface area contributed by atoms with Gasteiger partial charge in [-0.15, -0.1) is 0 Å². The third-order valence-electron chi connectivity index (χ3n) is 3.50. The van der Waals surface area contributed by atoms with Gasteiger partial charge in [0.2, 0.25) is 0 Å². The van der Waals surface area contributed by atoms with Crippen molar-refractivity contribution in [3.05, 3.63) is 83.9 Å². The first-order valence-electron chi connectivity index (χ1n) is 8.15. The zero-order valence-corrected chi connectivity index (χ0v) is 17.0. The molecule has 0 aliphatic heterocycles. The number of hydrogen-bond acceptors (Lipinski definition) is 4. The molecular weight excluding hydrogens is 489 g/mol. The van der Waals surface area contributed by atoms with Crippen LogP contribution in [0.1, 0.15) is 0 Å². The first-order valence-corrected chi connectivity index (χ1v) is 10.8. The first-order chi connectivity index (χ1) is 14.7. The second kappa shape index (κ2) is 9.79. The summed E-state index contributed by atoms with van der Waals surface area (Å²) in [5.41, 5.74) is -5.65. The van der Waals surface area contributed by atoms with E-state index in [1.807, 2.05) is 0 Å². The van der Waals surface area contributed by atoms with E-state index in [9.17, 15) is 35.8 Å². The predicted molar refractivity (Wildman–Crippen MR) is 98.7 cm³/mol. The molecular formula is C19H11F7O4S2. The molecule has 0 saturated carbocycles. The standard InChI is InChI=1S/C18H10F4OS.CHF3O3S/c19-11-5-12(20)8-17(7-11)24(16-3-1-15(23)2-4-16)18-9-13(21)6-14(22)10-18;2-1(3,4)8(5,6)7/h1-10H;(H,5,6,7). The van der Waals surface area contributed by atoms with E-state index in [0.717, 1.165) is 36.4 Å². The molecule has 0 saturated heterocycles. The normalized spacial score (nSPS) is 11.8. The number of aromatic hydroxyl groups is 1. The number of benzene rings is 3. The van der Waals surface area contributed by atoms with Gasteiger partial charge in [0.25, 0.3) is 0 Å². The fraction of sp³-hybridized carbons (Fsp3) is 0.0526. The van der Waals surface area contributed by atoms with E-state index >= 15 is 0 Å². The van der Waals surface area contributed by atoms with Crippen molar-refractivity contribution in [2.24, 2.45) is 0 Å². The largest absolute Gasteiger partial charge is 0.741 e. The minimum atomic E-state index is -6.09. The predicted octanol–water partition coefficient (Wildman–Crippen LogP) is 5.10. The van der Waals surface area contributed by atoms with Crippen LogP contribution < -0.4 is 0 Å². The molecule has 0 unspecified atom stereocenters. The van der Waals surface area contributed by atoms with Crippen molar-refractivity contribution in [2.75, 3.05) is 0 Å². The quantitative estimate of drug-likeness (QED) is 0.235. The molecule has 32 heavy (non-hydrogen) atoms. The molecule has 0 atom stereocenters. The van der Waals surface area contributed by atoms with Crippen LogP contribution in [0, 0.1) is 23.3 Å². The number of alkyl halides is 3. The van der Waals surface area contributed by atoms with Gasteiger partial charge < -0.3 is 9.66 Å². The Morgan fingerprint density at radius 1 is 0.688 bits per heavy atom. The van der Waals surface area contributed by atoms with Crippen LogP contribution in [0.5, 0.6) is 5.75 Å². The highest BCUT2D eigenvalue weighted by atomic mass is 32.2. The summed E-state index contributed by atoms with van der Waals surface area (Å²) in [5.74, 6) is -3.11. The molecule has 3 rings (SSSR count). The van der Waals surface area contributed by atoms with Crippen molar-refractivity contribution in [1.82, 2.24) is 0 Å². The Labute approximate surface area is 180 Å². The van der Waals surface area contributed by atoms with E-state index in [4.69, 9.17) is 13.0 Å². The molecule has 0 heterocycles. The zero-order valence-electron chi connectivity index (χ0n) is 15.4. The summed E-state index contributed by atoms with van der Waals surface area (Å²) in [6, 6.07) is 11.9. The minimum Gasteiger partial charge on any atom is -0.741 e. The van der Waals surface area contributed by atoms with Crippen molar-refractivity contribution in [2.45, 2.75) is 20.2 Å². The molecule has 0 spiro atoms. The van der Waals surface area contributed by atoms with Gasteiger partial charge in [0.15, 0.2) is 24.8 Å². The van der Waals surface area contributed by atoms with Gasteiger partial charge in [-0.25, -0.2) is 26.0 Å². The summed E-state index contributed by atoms with van der Waals surface area (Å²) in [7, 11) is -7.23. The molecule has 172 valence electrons. The fourth-order valence-corrected chi connectivity index (χ4v) is 4.43. The van der Waals surface area contributed by atoms with Gasteiger partial charge in [-0.2, -0.15) is 13.2 Å². The second-order valence-electron chi connectivity index (χ2n) is 5.91. The summed E-state index contributed by atoms with van der Waals surface area (Å²) >= 11 is 0. The van der Waals surface area contributed by atoms with E-state index in [-0.39, 0.29) is 15.5 Å². The number of hydrogen-bond donors (Lipinski definition) is 1. The summed E-state index contributed by atoms with van der Waals surface area (Å²) in [6.45, 7) is 0. The lowest BCUT2D eigenvalue weighted by atomic mass is 10.3. The van der Waals surface area contributed by atoms with Gasteiger partial charge in [-0.05, 0) is 24.3 Å². The first kappa shape index (κ1) is 25.5. The highest BCUT2D eigenvalue weighted by Crippen LogP contribution is 2.33. The topological polar surface area (TPSA) is 77.4 Å². The molecule has 0 amide bonds. The van der Waals surface area contributed by atoms with Gasteiger partial charge in [0.05, 0.1) is 10.9 Å². The van der Waals surface area contributed by atoms with Crippen molar-refractivity contribution >= 4 is 21.0 Å². The lowest BCUT2D eigenvalue weighted by molar-refractivity contribution is -0.0517. The van der Waals surface area contributed by atoms with Crippen LogP contribution in [0.3, 0.4) is 0 Å². The molecule has 3 aromatic carbocycles. The molecule has 3 aromatic rings. The highest BCUT2D eigenvalue weighted by molar-refractivity contribution is 7.97. The van der Waals surface area contributed by atoms with Crippen molar-refractivity contribution < 1.29 is 48.8 Å². The molecule has 0 fully saturated rings. The number of phenols is 1. The van der Waals surface area contributed by atoms with E-state index in [1.165, 1.54) is 12.1 Å². The molecule has 4 nitrogen and oxygen atoms in total. The number of phenolic OH excluding ortho intramolecular Hbond substituents is 1. The smallest absolute Gasteiger partial charge is 0.485 e. The van der Waals surface area contributed by atoms with Crippen molar-refractivity contribution in [3.8, 4) is 5.75 Å². The summed E-state index contributed by atoms with van der Waals surface area (Å²) in [4.78, 5) is 1.04. The molecule has 0 aromatic heterocycles. The molecule has 1 N–H and O–H groups in total. The monoisotopic (exact) mass is 500 g/mol. The summed E-state index contributed by atoms with van der Waals surface area (Å²) < 4.78 is 113. The van der Waals surface area contributed by atoms with E-state index < -0.39 is 49.8 Å². The van der Waals surface area contributed by atoms with Gasteiger partial charge in [0, 0.05) is 36.4 Å². The maximum Gasteiger partial charge on any atom is 0.485 e. The molecule has 0 aliphatic rings. The van der Waals surface area contributed by atoms with Crippen LogP contribution in [0.25, 0.3) is 0 Å². The second-order valence-corrected chi connectivity index (χ2v) is 9.31. The van der Waals surface area contributed by atoms with Gasteiger partial charge in [-0.1, -0.05) is 0 Å². The lowest BCUT2D eigenvalue weighted by Gasteiger charge is -2.09. The van der Waals surface area contributed by atoms with Crippen molar-refractivity contribution in [3.63, 3.8) is 0 Å². The van der Waals surface area contributed by atoms with Crippen LogP contribution in [0.15, 0.2) is 75.4 Å². The molecule has 13 heteroatoms. The Balaban J connectivity index is 0.000000390. The Morgan fingerprint density at radius 3 is 1.28 bits per heavy atom. The average molecular weight is 500 g/mol. The van der Waals surface area contributed by atoms with Gasteiger partial charge in [0.1, 0.15) is 29.0 Å². The maximum absolute atomic E-state index is 13.6. The molecule has 0 aliphatic carbocycles. The Bertz CT molecular complexity index is 1110. The maximum atomic E-state index is 13.6. The summed E-state index contributed by atoms with van der Waals surface area (Å²) in [5, 5.41) is 9.42. The third kappa shape index (κ3) is 6.87. The average Bonchev–Trinajstić information content (AvgIpc) is 2.61. The fourth-order valence-electron chi connectivity index (χ4n) is 2.28. The van der Waals surface area contributed by atoms with E-state index in [0.29, 0.717) is 4.90 Å². The highest BCUT2D eigenvalue weighted by Gasteiger charge is 2.37. The Kier molecular flexibility index (Phi) is 7.80. The Morgan fingerprint density at radius 2 is 1.00 bits per heavy atom. The third-order valence-corrected chi connectivity index (χ3v) is 6.22. The molecule has 0 radical (unpaired) electrons. The zero-order chi connectivity index (χ0) is 24.3. The van der Waals surface area contributed by atoms with Crippen LogP contribution in [-0.4, -0.2) is 23.6 Å². The van der Waals surface area contributed by atoms with E-state index in [1.54, 1.807) is 12.1 Å². The van der Waals surface area contributed by atoms with Crippen LogP contribution in [-0.2, 0) is 21.0 Å². The van der Waals surface area contributed by atoms with Crippen LogP contribution in [0.4, 0.5) is 30.7 Å². The van der Waals surface area contributed by atoms with Gasteiger partial charge >= 0.3 is 5.51 Å². The number of halogens is 7. The summed E-state index contributed by atoms with van der Waals surface area (Å²) in [6.07, 6.45) is 0. The van der Waals surface area contributed by atoms with Crippen molar-refractivity contribution in [1.29, 1.82) is 0 Å². The minimum absolute atomic E-state index is 0.0122. The van der Waals surface area contributed by atoms with Gasteiger partial charge in [-0.3, -0.25) is 0 Å². The van der Waals surface area contributed by atoms with E-state index in [2.05, 4.69) is 0 Å². The SMILES string of the molecule is O=S(=O)([O-])C(F)(F)F.Oc1ccc([S+](c2cc(F)cc(F)c2)c2cc(F)cc(F)c2)cc1. The van der Waals surface area contributed by atoms with Crippen LogP contribution in [0.2, 0.25) is 0 Å². The molecule has 0 bridgehead atoms. The number of rotatable bonds is 3. The Hall–Kier alpha value is -2.77. The lowest BCUT2D eigenvalue weighted by Crippen LogP contribution is -2.21.